The zero-order valence-corrected chi connectivity index (χ0v) is 10.9. The summed E-state index contributed by atoms with van der Waals surface area (Å²) in [6, 6.07) is -0.125. The Morgan fingerprint density at radius 2 is 1.88 bits per heavy atom. The highest BCUT2D eigenvalue weighted by Gasteiger charge is 2.19. The van der Waals surface area contributed by atoms with Crippen molar-refractivity contribution < 1.29 is 14.7 Å². The summed E-state index contributed by atoms with van der Waals surface area (Å²) < 4.78 is 0. The third kappa shape index (κ3) is 7.74. The summed E-state index contributed by atoms with van der Waals surface area (Å²) in [5.41, 5.74) is 5.56. The zero-order valence-electron chi connectivity index (χ0n) is 10.9. The number of hydrogen-bond donors (Lipinski definition) is 3. The van der Waals surface area contributed by atoms with Crippen LogP contribution >= 0.6 is 0 Å². The molecule has 2 atom stereocenters. The van der Waals surface area contributed by atoms with Crippen molar-refractivity contribution in [1.82, 2.24) is 5.32 Å². The van der Waals surface area contributed by atoms with E-state index in [4.69, 9.17) is 10.8 Å². The van der Waals surface area contributed by atoms with Crippen molar-refractivity contribution in [2.45, 2.75) is 46.1 Å². The molecule has 0 fully saturated rings. The number of carbonyl (C=O) groups is 2. The van der Waals surface area contributed by atoms with Crippen LogP contribution in [0.25, 0.3) is 0 Å². The van der Waals surface area contributed by atoms with Gasteiger partial charge < -0.3 is 16.2 Å². The Hall–Kier alpha value is -1.10. The van der Waals surface area contributed by atoms with Gasteiger partial charge in [0, 0.05) is 19.0 Å². The van der Waals surface area contributed by atoms with Gasteiger partial charge in [-0.2, -0.15) is 0 Å². The fraction of sp³-hybridized carbons (Fsp3) is 0.833. The van der Waals surface area contributed by atoms with Crippen LogP contribution in [-0.4, -0.2) is 29.6 Å². The van der Waals surface area contributed by atoms with E-state index in [9.17, 15) is 9.59 Å². The molecule has 17 heavy (non-hydrogen) atoms. The highest BCUT2D eigenvalue weighted by molar-refractivity contribution is 5.79. The molecule has 0 aromatic heterocycles. The summed E-state index contributed by atoms with van der Waals surface area (Å²) >= 11 is 0. The van der Waals surface area contributed by atoms with Gasteiger partial charge in [0.05, 0.1) is 5.92 Å². The summed E-state index contributed by atoms with van der Waals surface area (Å²) in [6.45, 7) is 6.23. The van der Waals surface area contributed by atoms with E-state index in [0.717, 1.165) is 6.42 Å². The average Bonchev–Trinajstić information content (AvgIpc) is 2.22. The Bertz CT molecular complexity index is 254. The van der Waals surface area contributed by atoms with Crippen molar-refractivity contribution in [1.29, 1.82) is 0 Å². The predicted octanol–water partition coefficient (Wildman–Crippen LogP) is 0.977. The van der Waals surface area contributed by atoms with Crippen LogP contribution in [0.2, 0.25) is 0 Å². The quantitative estimate of drug-likeness (QED) is 0.593. The Kier molecular flexibility index (Phi) is 7.54. The Morgan fingerprint density at radius 3 is 2.29 bits per heavy atom. The van der Waals surface area contributed by atoms with Gasteiger partial charge in [0.1, 0.15) is 0 Å². The molecular weight excluding hydrogens is 220 g/mol. The molecule has 0 saturated heterocycles. The first-order valence-corrected chi connectivity index (χ1v) is 6.09. The molecule has 0 heterocycles. The van der Waals surface area contributed by atoms with E-state index in [2.05, 4.69) is 5.32 Å². The minimum absolute atomic E-state index is 0.0684. The van der Waals surface area contributed by atoms with Gasteiger partial charge in [0.15, 0.2) is 0 Å². The lowest BCUT2D eigenvalue weighted by molar-refractivity contribution is -0.137. The molecule has 0 bridgehead atoms. The first-order valence-electron chi connectivity index (χ1n) is 6.09. The van der Waals surface area contributed by atoms with Crippen molar-refractivity contribution in [2.24, 2.45) is 17.6 Å². The van der Waals surface area contributed by atoms with Gasteiger partial charge in [0.2, 0.25) is 5.91 Å². The maximum Gasteiger partial charge on any atom is 0.303 e. The summed E-state index contributed by atoms with van der Waals surface area (Å²) in [6.07, 6.45) is 1.27. The van der Waals surface area contributed by atoms with E-state index < -0.39 is 5.97 Å². The molecule has 0 aliphatic heterocycles. The van der Waals surface area contributed by atoms with Crippen LogP contribution < -0.4 is 11.1 Å². The van der Waals surface area contributed by atoms with E-state index in [1.165, 1.54) is 0 Å². The number of carbonyl (C=O) groups excluding carboxylic acids is 1. The van der Waals surface area contributed by atoms with Crippen LogP contribution in [-0.2, 0) is 9.59 Å². The molecule has 0 radical (unpaired) electrons. The van der Waals surface area contributed by atoms with Gasteiger partial charge >= 0.3 is 5.97 Å². The molecule has 1 amide bonds. The molecule has 4 N–H and O–H groups in total. The van der Waals surface area contributed by atoms with Crippen molar-refractivity contribution in [3.05, 3.63) is 0 Å². The molecule has 5 heteroatoms. The number of carboxylic acid groups (broad SMARTS) is 1. The van der Waals surface area contributed by atoms with Gasteiger partial charge in [0.25, 0.3) is 0 Å². The monoisotopic (exact) mass is 244 g/mol. The number of carboxylic acids is 1. The van der Waals surface area contributed by atoms with Crippen LogP contribution in [0, 0.1) is 11.8 Å². The number of hydrogen-bond acceptors (Lipinski definition) is 3. The molecule has 0 saturated carbocycles. The highest BCUT2D eigenvalue weighted by Crippen LogP contribution is 2.11. The molecule has 0 aromatic carbocycles. The third-order valence-corrected chi connectivity index (χ3v) is 2.59. The molecular formula is C12H24N2O3. The second-order valence-electron chi connectivity index (χ2n) is 4.90. The van der Waals surface area contributed by atoms with E-state index in [0.29, 0.717) is 18.9 Å². The minimum Gasteiger partial charge on any atom is -0.481 e. The maximum absolute atomic E-state index is 11.8. The molecule has 0 aliphatic carbocycles. The number of amides is 1. The van der Waals surface area contributed by atoms with Crippen molar-refractivity contribution >= 4 is 11.9 Å². The standard InChI is InChI=1S/C12H24N2O3/c1-8(2)6-10(7-13)12(17)14-9(3)4-5-11(15)16/h8-10H,4-7,13H2,1-3H3,(H,14,17)(H,15,16). The van der Waals surface area contributed by atoms with E-state index in [-0.39, 0.29) is 24.3 Å². The fourth-order valence-electron chi connectivity index (χ4n) is 1.65. The number of nitrogens with one attached hydrogen (secondary N) is 1. The third-order valence-electron chi connectivity index (χ3n) is 2.59. The minimum atomic E-state index is -0.844. The molecule has 0 rings (SSSR count). The number of nitrogens with two attached hydrogens (primary N) is 1. The van der Waals surface area contributed by atoms with Crippen molar-refractivity contribution in [3.63, 3.8) is 0 Å². The SMILES string of the molecule is CC(C)CC(CN)C(=O)NC(C)CCC(=O)O. The lowest BCUT2D eigenvalue weighted by Crippen LogP contribution is -2.40. The van der Waals surface area contributed by atoms with Crippen LogP contribution in [0.1, 0.15) is 40.0 Å². The number of aliphatic carboxylic acids is 1. The largest absolute Gasteiger partial charge is 0.481 e. The van der Waals surface area contributed by atoms with Gasteiger partial charge in [-0.05, 0) is 25.7 Å². The normalized spacial score (nSPS) is 14.4. The molecule has 0 aliphatic rings. The predicted molar refractivity (Wildman–Crippen MR) is 66.5 cm³/mol. The van der Waals surface area contributed by atoms with Crippen LogP contribution in [0.4, 0.5) is 0 Å². The molecule has 100 valence electrons. The van der Waals surface area contributed by atoms with Gasteiger partial charge in [-0.3, -0.25) is 9.59 Å². The molecule has 0 spiro atoms. The van der Waals surface area contributed by atoms with Gasteiger partial charge in [-0.25, -0.2) is 0 Å². The lowest BCUT2D eigenvalue weighted by Gasteiger charge is -2.20. The Morgan fingerprint density at radius 1 is 1.29 bits per heavy atom. The van der Waals surface area contributed by atoms with Crippen LogP contribution in [0.5, 0.6) is 0 Å². The van der Waals surface area contributed by atoms with Gasteiger partial charge in [-0.1, -0.05) is 13.8 Å². The summed E-state index contributed by atoms with van der Waals surface area (Å²) in [5.74, 6) is -0.673. The lowest BCUT2D eigenvalue weighted by atomic mass is 9.96. The second-order valence-corrected chi connectivity index (χ2v) is 4.90. The first-order chi connectivity index (χ1) is 7.86. The summed E-state index contributed by atoms with van der Waals surface area (Å²) in [7, 11) is 0. The van der Waals surface area contributed by atoms with E-state index >= 15 is 0 Å². The fourth-order valence-corrected chi connectivity index (χ4v) is 1.65. The van der Waals surface area contributed by atoms with Crippen LogP contribution in [0.15, 0.2) is 0 Å². The smallest absolute Gasteiger partial charge is 0.303 e. The van der Waals surface area contributed by atoms with E-state index in [1.807, 2.05) is 20.8 Å². The Labute approximate surface area is 103 Å². The van der Waals surface area contributed by atoms with Crippen molar-refractivity contribution in [3.8, 4) is 0 Å². The topological polar surface area (TPSA) is 92.4 Å². The number of rotatable bonds is 8. The average molecular weight is 244 g/mol. The Balaban J connectivity index is 4.07. The highest BCUT2D eigenvalue weighted by atomic mass is 16.4. The summed E-state index contributed by atoms with van der Waals surface area (Å²) in [5, 5.41) is 11.3. The van der Waals surface area contributed by atoms with Gasteiger partial charge in [-0.15, -0.1) is 0 Å². The molecule has 5 nitrogen and oxygen atoms in total. The molecule has 0 aromatic rings. The molecule has 2 unspecified atom stereocenters. The van der Waals surface area contributed by atoms with Crippen LogP contribution in [0.3, 0.4) is 0 Å². The summed E-state index contributed by atoms with van der Waals surface area (Å²) in [4.78, 5) is 22.2. The van der Waals surface area contributed by atoms with Crippen molar-refractivity contribution in [2.75, 3.05) is 6.54 Å². The second kappa shape index (κ2) is 8.06. The maximum atomic E-state index is 11.8. The first kappa shape index (κ1) is 15.9. The van der Waals surface area contributed by atoms with E-state index in [1.54, 1.807) is 0 Å². The zero-order chi connectivity index (χ0) is 13.4.